The Labute approximate surface area is 172 Å². The summed E-state index contributed by atoms with van der Waals surface area (Å²) < 4.78 is 50.8. The summed E-state index contributed by atoms with van der Waals surface area (Å²) in [6, 6.07) is 10.7. The van der Waals surface area contributed by atoms with E-state index in [1.54, 1.807) is 31.1 Å². The van der Waals surface area contributed by atoms with E-state index in [1.165, 1.54) is 24.3 Å². The molecule has 2 N–H and O–H groups in total. The van der Waals surface area contributed by atoms with Gasteiger partial charge >= 0.3 is 6.18 Å². The predicted octanol–water partition coefficient (Wildman–Crippen LogP) is 3.21. The molecule has 0 aliphatic heterocycles. The predicted molar refractivity (Wildman–Crippen MR) is 107 cm³/mol. The number of alkyl halides is 3. The molecule has 162 valence electrons. The second kappa shape index (κ2) is 10.6. The molecule has 0 saturated heterocycles. The number of carbonyl (C=O) groups is 1. The molecule has 0 fully saturated rings. The van der Waals surface area contributed by atoms with Crippen molar-refractivity contribution in [1.82, 2.24) is 15.5 Å². The van der Waals surface area contributed by atoms with Crippen LogP contribution < -0.4 is 10.6 Å². The third kappa shape index (κ3) is 7.38. The van der Waals surface area contributed by atoms with Gasteiger partial charge < -0.3 is 15.5 Å². The van der Waals surface area contributed by atoms with Gasteiger partial charge in [0.05, 0.1) is 12.0 Å². The molecule has 0 unspecified atom stereocenters. The third-order valence-electron chi connectivity index (χ3n) is 4.28. The minimum absolute atomic E-state index is 0.156. The zero-order valence-corrected chi connectivity index (χ0v) is 16.8. The first-order valence-corrected chi connectivity index (χ1v) is 9.28. The van der Waals surface area contributed by atoms with E-state index in [-0.39, 0.29) is 18.1 Å². The molecular formula is C21H24F4N4O. The molecule has 0 heterocycles. The van der Waals surface area contributed by atoms with Crippen molar-refractivity contribution >= 4 is 11.9 Å². The van der Waals surface area contributed by atoms with Gasteiger partial charge in [0.2, 0.25) is 5.91 Å². The van der Waals surface area contributed by atoms with Crippen LogP contribution >= 0.6 is 0 Å². The Kier molecular flexibility index (Phi) is 8.20. The number of halogens is 4. The Morgan fingerprint density at radius 2 is 1.53 bits per heavy atom. The lowest BCUT2D eigenvalue weighted by Gasteiger charge is -2.22. The number of guanidine groups is 1. The van der Waals surface area contributed by atoms with Crippen molar-refractivity contribution in [2.24, 2.45) is 4.99 Å². The van der Waals surface area contributed by atoms with Gasteiger partial charge in [-0.15, -0.1) is 0 Å². The summed E-state index contributed by atoms with van der Waals surface area (Å²) in [7, 11) is 3.36. The van der Waals surface area contributed by atoms with Crippen molar-refractivity contribution in [3.63, 3.8) is 0 Å². The number of aliphatic imine (C=N–C) groups is 1. The molecule has 0 radical (unpaired) electrons. The largest absolute Gasteiger partial charge is 0.416 e. The van der Waals surface area contributed by atoms with E-state index < -0.39 is 11.7 Å². The Balaban J connectivity index is 1.75. The van der Waals surface area contributed by atoms with Crippen LogP contribution in [0, 0.1) is 5.82 Å². The number of carbonyl (C=O) groups excluding carboxylic acids is 1. The second-order valence-corrected chi connectivity index (χ2v) is 6.68. The summed E-state index contributed by atoms with van der Waals surface area (Å²) in [5, 5.41) is 5.84. The summed E-state index contributed by atoms with van der Waals surface area (Å²) in [4.78, 5) is 17.8. The summed E-state index contributed by atoms with van der Waals surface area (Å²) in [6.07, 6.45) is -4.20. The van der Waals surface area contributed by atoms with Crippen molar-refractivity contribution in [2.45, 2.75) is 19.1 Å². The smallest absolute Gasteiger partial charge is 0.354 e. The van der Waals surface area contributed by atoms with Crippen LogP contribution in [0.25, 0.3) is 0 Å². The van der Waals surface area contributed by atoms with E-state index in [1.807, 2.05) is 0 Å². The fraction of sp³-hybridized carbons (Fsp3) is 0.333. The molecule has 0 aliphatic rings. The molecule has 0 aliphatic carbocycles. The minimum atomic E-state index is -4.36. The average molecular weight is 424 g/mol. The van der Waals surface area contributed by atoms with Crippen molar-refractivity contribution in [3.05, 3.63) is 71.0 Å². The normalized spacial score (nSPS) is 11.9. The van der Waals surface area contributed by atoms with E-state index in [2.05, 4.69) is 15.6 Å². The molecule has 0 spiro atoms. The maximum atomic E-state index is 12.9. The van der Waals surface area contributed by atoms with Crippen molar-refractivity contribution in [3.8, 4) is 0 Å². The van der Waals surface area contributed by atoms with Gasteiger partial charge in [-0.25, -0.2) is 4.39 Å². The SMILES string of the molecule is CN=C(NCCNC(=O)Cc1ccc(F)cc1)N(C)Cc1ccc(C(F)(F)F)cc1. The Morgan fingerprint density at radius 1 is 0.967 bits per heavy atom. The maximum absolute atomic E-state index is 12.9. The molecule has 0 atom stereocenters. The van der Waals surface area contributed by atoms with E-state index >= 15 is 0 Å². The van der Waals surface area contributed by atoms with Gasteiger partial charge in [-0.2, -0.15) is 13.2 Å². The van der Waals surface area contributed by atoms with E-state index in [4.69, 9.17) is 0 Å². The van der Waals surface area contributed by atoms with E-state index in [0.29, 0.717) is 36.7 Å². The number of rotatable bonds is 7. The van der Waals surface area contributed by atoms with Crippen molar-refractivity contribution in [2.75, 3.05) is 27.2 Å². The van der Waals surface area contributed by atoms with Gasteiger partial charge in [-0.05, 0) is 35.4 Å². The first-order valence-electron chi connectivity index (χ1n) is 9.28. The van der Waals surface area contributed by atoms with E-state index in [9.17, 15) is 22.4 Å². The van der Waals surface area contributed by atoms with Crippen LogP contribution in [0.2, 0.25) is 0 Å². The number of hydrogen-bond acceptors (Lipinski definition) is 2. The number of amides is 1. The fourth-order valence-corrected chi connectivity index (χ4v) is 2.76. The van der Waals surface area contributed by atoms with Gasteiger partial charge in [0, 0.05) is 33.7 Å². The summed E-state index contributed by atoms with van der Waals surface area (Å²) in [5.41, 5.74) is 0.739. The van der Waals surface area contributed by atoms with Gasteiger partial charge in [0.25, 0.3) is 0 Å². The maximum Gasteiger partial charge on any atom is 0.416 e. The quantitative estimate of drug-likeness (QED) is 0.311. The van der Waals surface area contributed by atoms with Crippen LogP contribution in [0.1, 0.15) is 16.7 Å². The molecule has 0 aromatic heterocycles. The lowest BCUT2D eigenvalue weighted by molar-refractivity contribution is -0.137. The molecule has 5 nitrogen and oxygen atoms in total. The van der Waals surface area contributed by atoms with Gasteiger partial charge in [-0.3, -0.25) is 9.79 Å². The zero-order chi connectivity index (χ0) is 22.1. The van der Waals surface area contributed by atoms with Crippen molar-refractivity contribution < 1.29 is 22.4 Å². The van der Waals surface area contributed by atoms with Crippen LogP contribution in [0.5, 0.6) is 0 Å². The Morgan fingerprint density at radius 3 is 2.10 bits per heavy atom. The van der Waals surface area contributed by atoms with Crippen LogP contribution in [-0.2, 0) is 23.9 Å². The minimum Gasteiger partial charge on any atom is -0.354 e. The van der Waals surface area contributed by atoms with E-state index in [0.717, 1.165) is 12.1 Å². The average Bonchev–Trinajstić information content (AvgIpc) is 2.69. The van der Waals surface area contributed by atoms with Crippen LogP contribution in [0.4, 0.5) is 17.6 Å². The van der Waals surface area contributed by atoms with Gasteiger partial charge in [-0.1, -0.05) is 24.3 Å². The van der Waals surface area contributed by atoms with Crippen LogP contribution in [0.15, 0.2) is 53.5 Å². The first-order chi connectivity index (χ1) is 14.2. The topological polar surface area (TPSA) is 56.7 Å². The molecule has 30 heavy (non-hydrogen) atoms. The summed E-state index contributed by atoms with van der Waals surface area (Å²) in [5.74, 6) is 0.00865. The molecule has 2 aromatic rings. The Bertz CT molecular complexity index is 849. The molecule has 9 heteroatoms. The second-order valence-electron chi connectivity index (χ2n) is 6.68. The molecule has 2 aromatic carbocycles. The van der Waals surface area contributed by atoms with Crippen LogP contribution in [0.3, 0.4) is 0 Å². The lowest BCUT2D eigenvalue weighted by atomic mass is 10.1. The van der Waals surface area contributed by atoms with Gasteiger partial charge in [0.1, 0.15) is 5.82 Å². The number of nitrogens with one attached hydrogen (secondary N) is 2. The summed E-state index contributed by atoms with van der Waals surface area (Å²) >= 11 is 0. The number of nitrogens with zero attached hydrogens (tertiary/aromatic N) is 2. The molecule has 0 bridgehead atoms. The molecule has 2 rings (SSSR count). The Hall–Kier alpha value is -3.10. The van der Waals surface area contributed by atoms with Crippen LogP contribution in [-0.4, -0.2) is 44.0 Å². The third-order valence-corrected chi connectivity index (χ3v) is 4.28. The number of benzene rings is 2. The number of hydrogen-bond donors (Lipinski definition) is 2. The zero-order valence-electron chi connectivity index (χ0n) is 16.8. The molecule has 0 saturated carbocycles. The standard InChI is InChI=1S/C21H24F4N4O/c1-26-20(29(2)14-16-3-7-17(8-4-16)21(23,24)25)28-12-11-27-19(30)13-15-5-9-18(22)10-6-15/h3-10H,11-14H2,1-2H3,(H,26,28)(H,27,30). The highest BCUT2D eigenvalue weighted by molar-refractivity contribution is 5.80. The molecular weight excluding hydrogens is 400 g/mol. The fourth-order valence-electron chi connectivity index (χ4n) is 2.76. The van der Waals surface area contributed by atoms with Crippen molar-refractivity contribution in [1.29, 1.82) is 0 Å². The first kappa shape index (κ1) is 23.2. The lowest BCUT2D eigenvalue weighted by Crippen LogP contribution is -2.42. The highest BCUT2D eigenvalue weighted by atomic mass is 19.4. The monoisotopic (exact) mass is 424 g/mol. The van der Waals surface area contributed by atoms with Gasteiger partial charge in [0.15, 0.2) is 5.96 Å². The highest BCUT2D eigenvalue weighted by Crippen LogP contribution is 2.29. The summed E-state index contributed by atoms with van der Waals surface area (Å²) in [6.45, 7) is 1.14. The molecule has 1 amide bonds. The highest BCUT2D eigenvalue weighted by Gasteiger charge is 2.29.